The molecule has 1 aromatic heterocycles. The van der Waals surface area contributed by atoms with Gasteiger partial charge in [-0.15, -0.1) is 11.3 Å². The molecule has 0 amide bonds. The van der Waals surface area contributed by atoms with Crippen molar-refractivity contribution in [1.82, 2.24) is 0 Å². The van der Waals surface area contributed by atoms with Crippen LogP contribution in [0.25, 0.3) is 16.0 Å². The largest absolute Gasteiger partial charge is 0.260 e. The maximum absolute atomic E-state index is 5.39. The van der Waals surface area contributed by atoms with Crippen LogP contribution in [0.5, 0.6) is 0 Å². The van der Waals surface area contributed by atoms with Gasteiger partial charge in [-0.05, 0) is 30.2 Å². The number of hydrogen-bond acceptors (Lipinski definition) is 1. The van der Waals surface area contributed by atoms with Gasteiger partial charge in [-0.2, -0.15) is 0 Å². The van der Waals surface area contributed by atoms with Crippen LogP contribution in [0.3, 0.4) is 0 Å². The third kappa shape index (κ3) is 2.28. The van der Waals surface area contributed by atoms with Gasteiger partial charge in [0.05, 0.1) is 0 Å². The van der Waals surface area contributed by atoms with Crippen molar-refractivity contribution in [3.63, 3.8) is 0 Å². The van der Waals surface area contributed by atoms with Gasteiger partial charge in [-0.3, -0.25) is 5.41 Å². The van der Waals surface area contributed by atoms with Gasteiger partial charge in [0, 0.05) is 15.8 Å². The summed E-state index contributed by atoms with van der Waals surface area (Å²) in [6.45, 7) is 2.07. The molecule has 0 spiro atoms. The standard InChI is InChI=1S/C14H13NS/c1-11(9-10-15)13-7-8-14(16-13)12-5-3-2-4-6-12/h2-10,15H,1H3/p+1/b11-9+,15-10?. The minimum Gasteiger partial charge on any atom is -0.260 e. The topological polar surface area (TPSA) is 25.6 Å². The van der Waals surface area contributed by atoms with Crippen molar-refractivity contribution in [2.75, 3.05) is 0 Å². The Morgan fingerprint density at radius 1 is 1.12 bits per heavy atom. The van der Waals surface area contributed by atoms with Crippen LogP contribution in [0.1, 0.15) is 11.8 Å². The molecule has 2 N–H and O–H groups in total. The Labute approximate surface area is 99.6 Å². The summed E-state index contributed by atoms with van der Waals surface area (Å²) in [7, 11) is 0. The highest BCUT2D eigenvalue weighted by Gasteiger charge is 2.03. The maximum Gasteiger partial charge on any atom is 0.160 e. The minimum absolute atomic E-state index is 1.20. The van der Waals surface area contributed by atoms with E-state index in [1.54, 1.807) is 17.6 Å². The maximum atomic E-state index is 5.39. The second-order valence-electron chi connectivity index (χ2n) is 3.57. The fraction of sp³-hybridized carbons (Fsp3) is 0.0714. The molecule has 2 aromatic rings. The zero-order chi connectivity index (χ0) is 11.4. The number of benzene rings is 1. The van der Waals surface area contributed by atoms with Crippen molar-refractivity contribution in [3.05, 3.63) is 53.4 Å². The molecule has 0 unspecified atom stereocenters. The van der Waals surface area contributed by atoms with Crippen LogP contribution in [-0.2, 0) is 0 Å². The predicted molar refractivity (Wildman–Crippen MR) is 71.4 cm³/mol. The lowest BCUT2D eigenvalue weighted by Crippen LogP contribution is -2.28. The molecular formula is C14H14NS+. The monoisotopic (exact) mass is 228 g/mol. The van der Waals surface area contributed by atoms with Crippen LogP contribution in [0.2, 0.25) is 0 Å². The third-order valence-corrected chi connectivity index (χ3v) is 3.67. The summed E-state index contributed by atoms with van der Waals surface area (Å²) >= 11 is 1.79. The van der Waals surface area contributed by atoms with Gasteiger partial charge in [-0.1, -0.05) is 30.3 Å². The van der Waals surface area contributed by atoms with Gasteiger partial charge in [0.25, 0.3) is 0 Å². The molecular weight excluding hydrogens is 214 g/mol. The lowest BCUT2D eigenvalue weighted by Gasteiger charge is -1.95. The van der Waals surface area contributed by atoms with E-state index in [0.717, 1.165) is 0 Å². The van der Waals surface area contributed by atoms with Crippen molar-refractivity contribution in [3.8, 4) is 10.4 Å². The number of nitrogens with two attached hydrogens (primary N) is 1. The molecule has 0 atom stereocenters. The average molecular weight is 228 g/mol. The average Bonchev–Trinajstić information content (AvgIpc) is 2.80. The molecule has 1 nitrogen and oxygen atoms in total. The first-order valence-corrected chi connectivity index (χ1v) is 6.00. The van der Waals surface area contributed by atoms with Crippen molar-refractivity contribution in [1.29, 1.82) is 0 Å². The highest BCUT2D eigenvalue weighted by molar-refractivity contribution is 7.16. The predicted octanol–water partition coefficient (Wildman–Crippen LogP) is 2.65. The summed E-state index contributed by atoms with van der Waals surface area (Å²) in [6, 6.07) is 14.7. The summed E-state index contributed by atoms with van der Waals surface area (Å²) in [5.74, 6) is 0. The first-order chi connectivity index (χ1) is 7.81. The van der Waals surface area contributed by atoms with Crippen LogP contribution in [-0.4, -0.2) is 6.21 Å². The van der Waals surface area contributed by atoms with Crippen molar-refractivity contribution >= 4 is 23.1 Å². The van der Waals surface area contributed by atoms with E-state index >= 15 is 0 Å². The number of hydrogen-bond donors (Lipinski definition) is 1. The van der Waals surface area contributed by atoms with Crippen molar-refractivity contribution in [2.45, 2.75) is 6.92 Å². The van der Waals surface area contributed by atoms with E-state index in [1.807, 2.05) is 12.1 Å². The molecule has 0 radical (unpaired) electrons. The second kappa shape index (κ2) is 4.90. The van der Waals surface area contributed by atoms with E-state index in [1.165, 1.54) is 20.9 Å². The number of thiophene rings is 1. The summed E-state index contributed by atoms with van der Waals surface area (Å²) in [4.78, 5) is 2.56. The minimum atomic E-state index is 1.20. The quantitative estimate of drug-likeness (QED) is 0.782. The number of rotatable bonds is 3. The highest BCUT2D eigenvalue weighted by atomic mass is 32.1. The molecule has 0 aliphatic rings. The Bertz CT molecular complexity index is 509. The van der Waals surface area contributed by atoms with E-state index in [9.17, 15) is 0 Å². The van der Waals surface area contributed by atoms with Crippen LogP contribution in [0.15, 0.2) is 48.5 Å². The molecule has 0 saturated heterocycles. The number of allylic oxidation sites excluding steroid dienone is 2. The van der Waals surface area contributed by atoms with E-state index in [4.69, 9.17) is 5.41 Å². The molecule has 1 heterocycles. The molecule has 80 valence electrons. The molecule has 0 aliphatic carbocycles. The molecule has 0 saturated carbocycles. The molecule has 2 heteroatoms. The van der Waals surface area contributed by atoms with E-state index < -0.39 is 0 Å². The summed E-state index contributed by atoms with van der Waals surface area (Å²) < 4.78 is 0. The van der Waals surface area contributed by atoms with Crippen LogP contribution in [0, 0.1) is 0 Å². The molecule has 1 aromatic carbocycles. The third-order valence-electron chi connectivity index (χ3n) is 2.40. The molecule has 0 aliphatic heterocycles. The Kier molecular flexibility index (Phi) is 3.32. The first-order valence-electron chi connectivity index (χ1n) is 5.18. The summed E-state index contributed by atoms with van der Waals surface area (Å²) in [6.07, 6.45) is 3.51. The van der Waals surface area contributed by atoms with Crippen LogP contribution >= 0.6 is 11.3 Å². The van der Waals surface area contributed by atoms with Gasteiger partial charge in [0.15, 0.2) is 6.21 Å². The Balaban J connectivity index is 2.34. The zero-order valence-electron chi connectivity index (χ0n) is 9.18. The van der Waals surface area contributed by atoms with Crippen LogP contribution < -0.4 is 5.41 Å². The Hall–Kier alpha value is -1.67. The van der Waals surface area contributed by atoms with E-state index in [-0.39, 0.29) is 0 Å². The van der Waals surface area contributed by atoms with Crippen molar-refractivity contribution < 1.29 is 5.41 Å². The zero-order valence-corrected chi connectivity index (χ0v) is 10.00. The van der Waals surface area contributed by atoms with Gasteiger partial charge in [0.1, 0.15) is 0 Å². The summed E-state index contributed by atoms with van der Waals surface area (Å²) in [5, 5.41) is 5.39. The molecule has 2 rings (SSSR count). The molecule has 0 bridgehead atoms. The highest BCUT2D eigenvalue weighted by Crippen LogP contribution is 2.31. The lowest BCUT2D eigenvalue weighted by molar-refractivity contribution is -0.104. The molecule has 16 heavy (non-hydrogen) atoms. The smallest absolute Gasteiger partial charge is 0.160 e. The van der Waals surface area contributed by atoms with Crippen LogP contribution in [0.4, 0.5) is 0 Å². The van der Waals surface area contributed by atoms with Gasteiger partial charge < -0.3 is 0 Å². The summed E-state index contributed by atoms with van der Waals surface area (Å²) in [5.41, 5.74) is 2.47. The fourth-order valence-electron chi connectivity index (χ4n) is 1.53. The van der Waals surface area contributed by atoms with Gasteiger partial charge >= 0.3 is 0 Å². The van der Waals surface area contributed by atoms with Gasteiger partial charge in [0.2, 0.25) is 0 Å². The lowest BCUT2D eigenvalue weighted by atomic mass is 10.2. The normalized spacial score (nSPS) is 11.4. The van der Waals surface area contributed by atoms with Crippen molar-refractivity contribution in [2.24, 2.45) is 0 Å². The SMILES string of the molecule is C/C(=C\C=[NH2+])c1ccc(-c2ccccc2)s1. The van der Waals surface area contributed by atoms with E-state index in [0.29, 0.717) is 0 Å². The molecule has 0 fully saturated rings. The Morgan fingerprint density at radius 3 is 2.56 bits per heavy atom. The van der Waals surface area contributed by atoms with E-state index in [2.05, 4.69) is 43.3 Å². The fourth-order valence-corrected chi connectivity index (χ4v) is 2.53. The second-order valence-corrected chi connectivity index (χ2v) is 4.66. The van der Waals surface area contributed by atoms with Gasteiger partial charge in [-0.25, -0.2) is 0 Å². The Morgan fingerprint density at radius 2 is 1.88 bits per heavy atom. The first kappa shape index (κ1) is 10.8.